The van der Waals surface area contributed by atoms with Crippen molar-refractivity contribution in [2.24, 2.45) is 0 Å². The van der Waals surface area contributed by atoms with Gasteiger partial charge in [0.05, 0.1) is 11.4 Å². The van der Waals surface area contributed by atoms with E-state index in [1.165, 1.54) is 27.7 Å². The van der Waals surface area contributed by atoms with Gasteiger partial charge in [-0.2, -0.15) is 0 Å². The molecule has 0 saturated heterocycles. The Hall–Kier alpha value is -1.93. The van der Waals surface area contributed by atoms with Gasteiger partial charge in [0.15, 0.2) is 0 Å². The summed E-state index contributed by atoms with van der Waals surface area (Å²) < 4.78 is 2.26. The van der Waals surface area contributed by atoms with E-state index >= 15 is 0 Å². The Kier molecular flexibility index (Phi) is 3.66. The van der Waals surface area contributed by atoms with Gasteiger partial charge >= 0.3 is 0 Å². The van der Waals surface area contributed by atoms with Crippen LogP contribution in [0.4, 0.5) is 11.4 Å². The normalized spacial score (nSPS) is 10.7. The minimum absolute atomic E-state index is 1.21. The molecule has 0 N–H and O–H groups in total. The molecule has 0 amide bonds. The molecule has 20 heavy (non-hydrogen) atoms. The Morgan fingerprint density at radius 3 is 2.10 bits per heavy atom. The predicted molar refractivity (Wildman–Crippen MR) is 90.8 cm³/mol. The lowest BCUT2D eigenvalue weighted by atomic mass is 10.1. The second-order valence-electron chi connectivity index (χ2n) is 4.84. The zero-order valence-corrected chi connectivity index (χ0v) is 12.5. The highest BCUT2D eigenvalue weighted by atomic mass is 32.2. The molecule has 0 radical (unpaired) electrons. The van der Waals surface area contributed by atoms with Gasteiger partial charge in [0, 0.05) is 6.26 Å². The Labute approximate surface area is 124 Å². The van der Waals surface area contributed by atoms with Gasteiger partial charge < -0.3 is 0 Å². The molecule has 0 aliphatic carbocycles. The van der Waals surface area contributed by atoms with Crippen LogP contribution in [0.2, 0.25) is 0 Å². The molecule has 0 aliphatic heterocycles. The molecule has 1 nitrogen and oxygen atoms in total. The first-order chi connectivity index (χ1) is 9.78. The zero-order valence-electron chi connectivity index (χ0n) is 11.7. The van der Waals surface area contributed by atoms with Crippen molar-refractivity contribution in [2.45, 2.75) is 6.92 Å². The van der Waals surface area contributed by atoms with Crippen LogP contribution in [0.1, 0.15) is 5.56 Å². The van der Waals surface area contributed by atoms with Gasteiger partial charge in [0.1, 0.15) is 0 Å². The average Bonchev–Trinajstić information content (AvgIpc) is 2.50. The van der Waals surface area contributed by atoms with Crippen LogP contribution in [0.25, 0.3) is 10.8 Å². The van der Waals surface area contributed by atoms with Crippen LogP contribution in [0.3, 0.4) is 0 Å². The summed E-state index contributed by atoms with van der Waals surface area (Å²) in [5, 5.41) is 2.55. The van der Waals surface area contributed by atoms with Gasteiger partial charge in [-0.25, -0.2) is 0 Å². The SMILES string of the molecule is CSN(c1ccc(C)cc1)c1ccc2ccccc2c1. The van der Waals surface area contributed by atoms with Crippen LogP contribution < -0.4 is 4.31 Å². The van der Waals surface area contributed by atoms with Crippen molar-refractivity contribution in [1.29, 1.82) is 0 Å². The van der Waals surface area contributed by atoms with Gasteiger partial charge in [-0.15, -0.1) is 0 Å². The number of fused-ring (bicyclic) bond motifs is 1. The number of hydrogen-bond donors (Lipinski definition) is 0. The van der Waals surface area contributed by atoms with Gasteiger partial charge in [0.25, 0.3) is 0 Å². The van der Waals surface area contributed by atoms with E-state index in [9.17, 15) is 0 Å². The van der Waals surface area contributed by atoms with Crippen molar-refractivity contribution < 1.29 is 0 Å². The minimum atomic E-state index is 1.21. The van der Waals surface area contributed by atoms with E-state index in [4.69, 9.17) is 0 Å². The minimum Gasteiger partial charge on any atom is -0.285 e. The zero-order chi connectivity index (χ0) is 13.9. The maximum absolute atomic E-state index is 2.26. The Morgan fingerprint density at radius 2 is 1.40 bits per heavy atom. The number of nitrogens with zero attached hydrogens (tertiary/aromatic N) is 1. The number of aryl methyl sites for hydroxylation is 1. The molecule has 0 aliphatic rings. The molecule has 2 heteroatoms. The summed E-state index contributed by atoms with van der Waals surface area (Å²) in [6, 6.07) is 23.7. The summed E-state index contributed by atoms with van der Waals surface area (Å²) in [6.45, 7) is 2.11. The monoisotopic (exact) mass is 279 g/mol. The summed E-state index contributed by atoms with van der Waals surface area (Å²) in [5.74, 6) is 0. The van der Waals surface area contributed by atoms with E-state index in [1.807, 2.05) is 0 Å². The molecule has 100 valence electrons. The van der Waals surface area contributed by atoms with Crippen molar-refractivity contribution >= 4 is 34.1 Å². The molecule has 0 saturated carbocycles. The first-order valence-corrected chi connectivity index (χ1v) is 7.86. The molecule has 0 spiro atoms. The lowest BCUT2D eigenvalue weighted by Gasteiger charge is -2.22. The highest BCUT2D eigenvalue weighted by Crippen LogP contribution is 2.33. The van der Waals surface area contributed by atoms with Crippen molar-refractivity contribution in [2.75, 3.05) is 10.6 Å². The number of anilines is 2. The van der Waals surface area contributed by atoms with Gasteiger partial charge in [-0.05, 0) is 53.9 Å². The van der Waals surface area contributed by atoms with E-state index in [1.54, 1.807) is 11.9 Å². The van der Waals surface area contributed by atoms with Gasteiger partial charge in [-0.3, -0.25) is 4.31 Å². The molecule has 0 fully saturated rings. The Balaban J connectivity index is 2.04. The molecular formula is C18H17NS. The second-order valence-corrected chi connectivity index (χ2v) is 5.57. The maximum atomic E-state index is 2.26. The smallest absolute Gasteiger partial charge is 0.0531 e. The van der Waals surface area contributed by atoms with Crippen molar-refractivity contribution in [1.82, 2.24) is 0 Å². The fourth-order valence-electron chi connectivity index (χ4n) is 2.34. The summed E-state index contributed by atoms with van der Waals surface area (Å²) in [7, 11) is 0. The van der Waals surface area contributed by atoms with Gasteiger partial charge in [-0.1, -0.05) is 48.0 Å². The predicted octanol–water partition coefficient (Wildman–Crippen LogP) is 5.56. The third-order valence-electron chi connectivity index (χ3n) is 3.42. The highest BCUT2D eigenvalue weighted by Gasteiger charge is 2.08. The molecule has 3 aromatic carbocycles. The van der Waals surface area contributed by atoms with E-state index in [0.29, 0.717) is 0 Å². The topological polar surface area (TPSA) is 3.24 Å². The molecular weight excluding hydrogens is 262 g/mol. The molecule has 0 atom stereocenters. The molecule has 3 rings (SSSR count). The average molecular weight is 279 g/mol. The maximum Gasteiger partial charge on any atom is 0.0531 e. The number of benzene rings is 3. The Bertz CT molecular complexity index is 719. The first-order valence-electron chi connectivity index (χ1n) is 6.67. The van der Waals surface area contributed by atoms with Crippen LogP contribution in [-0.4, -0.2) is 6.26 Å². The quantitative estimate of drug-likeness (QED) is 0.577. The Morgan fingerprint density at radius 1 is 0.750 bits per heavy atom. The fraction of sp³-hybridized carbons (Fsp3) is 0.111. The third kappa shape index (κ3) is 2.52. The van der Waals surface area contributed by atoms with Crippen molar-refractivity contribution in [3.8, 4) is 0 Å². The van der Waals surface area contributed by atoms with Crippen molar-refractivity contribution in [3.05, 3.63) is 72.3 Å². The summed E-state index contributed by atoms with van der Waals surface area (Å²) >= 11 is 1.72. The van der Waals surface area contributed by atoms with E-state index in [-0.39, 0.29) is 0 Å². The lowest BCUT2D eigenvalue weighted by molar-refractivity contribution is 1.40. The van der Waals surface area contributed by atoms with Crippen LogP contribution in [0, 0.1) is 6.92 Å². The lowest BCUT2D eigenvalue weighted by Crippen LogP contribution is -2.05. The standard InChI is InChI=1S/C18H17NS/c1-14-7-10-17(11-8-14)19(20-2)18-12-9-15-5-3-4-6-16(15)13-18/h3-13H,1-2H3. The highest BCUT2D eigenvalue weighted by molar-refractivity contribution is 8.00. The number of hydrogen-bond acceptors (Lipinski definition) is 2. The molecule has 3 aromatic rings. The second kappa shape index (κ2) is 5.59. The molecule has 0 unspecified atom stereocenters. The van der Waals surface area contributed by atoms with E-state index in [0.717, 1.165) is 0 Å². The van der Waals surface area contributed by atoms with Gasteiger partial charge in [0.2, 0.25) is 0 Å². The molecule has 0 bridgehead atoms. The van der Waals surface area contributed by atoms with Crippen LogP contribution >= 0.6 is 11.9 Å². The fourth-order valence-corrected chi connectivity index (χ4v) is 3.00. The molecule has 0 heterocycles. The molecule has 0 aromatic heterocycles. The third-order valence-corrected chi connectivity index (χ3v) is 4.21. The first kappa shape index (κ1) is 13.1. The summed E-state index contributed by atoms with van der Waals surface area (Å²) in [5.41, 5.74) is 3.70. The van der Waals surface area contributed by atoms with Crippen molar-refractivity contribution in [3.63, 3.8) is 0 Å². The van der Waals surface area contributed by atoms with E-state index in [2.05, 4.69) is 84.2 Å². The summed E-state index contributed by atoms with van der Waals surface area (Å²) in [4.78, 5) is 0. The van der Waals surface area contributed by atoms with Crippen LogP contribution in [-0.2, 0) is 0 Å². The summed E-state index contributed by atoms with van der Waals surface area (Å²) in [6.07, 6.45) is 2.11. The van der Waals surface area contributed by atoms with Crippen LogP contribution in [0.15, 0.2) is 66.7 Å². The largest absolute Gasteiger partial charge is 0.285 e. The van der Waals surface area contributed by atoms with E-state index < -0.39 is 0 Å². The van der Waals surface area contributed by atoms with Crippen LogP contribution in [0.5, 0.6) is 0 Å². The number of rotatable bonds is 3.